The molecule has 0 fully saturated rings. The van der Waals surface area contributed by atoms with Crippen LogP contribution in [0.4, 0.5) is 8.78 Å². The van der Waals surface area contributed by atoms with Crippen LogP contribution in [0, 0.1) is 11.6 Å². The Morgan fingerprint density at radius 2 is 1.47 bits per heavy atom. The molecule has 0 aromatic heterocycles. The molecule has 0 saturated heterocycles. The second kappa shape index (κ2) is 10.7. The molecule has 2 heteroatoms. The Labute approximate surface area is 178 Å². The van der Waals surface area contributed by atoms with E-state index < -0.39 is 11.6 Å². The number of benzene rings is 3. The Morgan fingerprint density at radius 1 is 0.833 bits per heavy atom. The lowest BCUT2D eigenvalue weighted by Crippen LogP contribution is -2.04. The monoisotopic (exact) mass is 402 g/mol. The fourth-order valence-electron chi connectivity index (χ4n) is 3.52. The van der Waals surface area contributed by atoms with E-state index in [1.807, 2.05) is 62.4 Å². The standard InChI is InChI=1S/C28H28F2/c1-3-4-6-9-22-12-14-23(15-13-22)16-17-24-19-27(29)26(28(30)20-24)18-21(2)25-10-7-5-8-11-25/h3-5,7-8,10-17,19-21H,6,9,18H2,1-2H3/b4-3+,17-16+. The highest BCUT2D eigenvalue weighted by molar-refractivity contribution is 5.69. The van der Waals surface area contributed by atoms with Gasteiger partial charge in [-0.1, -0.05) is 85.8 Å². The lowest BCUT2D eigenvalue weighted by atomic mass is 9.92. The lowest BCUT2D eigenvalue weighted by Gasteiger charge is -2.14. The van der Waals surface area contributed by atoms with Gasteiger partial charge < -0.3 is 0 Å². The highest BCUT2D eigenvalue weighted by Crippen LogP contribution is 2.25. The molecule has 0 saturated carbocycles. The van der Waals surface area contributed by atoms with Crippen molar-refractivity contribution in [2.45, 2.75) is 39.0 Å². The van der Waals surface area contributed by atoms with Gasteiger partial charge in [0.05, 0.1) is 0 Å². The Kier molecular flexibility index (Phi) is 7.73. The van der Waals surface area contributed by atoms with Crippen molar-refractivity contribution in [1.82, 2.24) is 0 Å². The SMILES string of the molecule is C/C=C/CCc1ccc(/C=C/c2cc(F)c(CC(C)c3ccccc3)c(F)c2)cc1. The van der Waals surface area contributed by atoms with Crippen LogP contribution in [0.3, 0.4) is 0 Å². The van der Waals surface area contributed by atoms with Crippen molar-refractivity contribution in [3.05, 3.63) is 118 Å². The maximum atomic E-state index is 14.6. The molecule has 154 valence electrons. The number of allylic oxidation sites excluding steroid dienone is 2. The van der Waals surface area contributed by atoms with Gasteiger partial charge in [0.15, 0.2) is 0 Å². The van der Waals surface area contributed by atoms with Crippen molar-refractivity contribution in [2.24, 2.45) is 0 Å². The Morgan fingerprint density at radius 3 is 2.10 bits per heavy atom. The van der Waals surface area contributed by atoms with Gasteiger partial charge in [0, 0.05) is 5.56 Å². The third-order valence-corrected chi connectivity index (χ3v) is 5.33. The van der Waals surface area contributed by atoms with E-state index in [9.17, 15) is 8.78 Å². The predicted octanol–water partition coefficient (Wildman–Crippen LogP) is 7.99. The van der Waals surface area contributed by atoms with Crippen LogP contribution < -0.4 is 0 Å². The minimum Gasteiger partial charge on any atom is -0.207 e. The first-order valence-electron chi connectivity index (χ1n) is 10.5. The fourth-order valence-corrected chi connectivity index (χ4v) is 3.52. The average molecular weight is 403 g/mol. The molecular weight excluding hydrogens is 374 g/mol. The zero-order valence-corrected chi connectivity index (χ0v) is 17.6. The van der Waals surface area contributed by atoms with Gasteiger partial charge in [-0.3, -0.25) is 0 Å². The Balaban J connectivity index is 1.69. The molecule has 0 spiro atoms. The second-order valence-electron chi connectivity index (χ2n) is 7.66. The van der Waals surface area contributed by atoms with Crippen molar-refractivity contribution in [3.63, 3.8) is 0 Å². The molecular formula is C28H28F2. The highest BCUT2D eigenvalue weighted by atomic mass is 19.1. The molecule has 0 amide bonds. The van der Waals surface area contributed by atoms with E-state index in [-0.39, 0.29) is 11.5 Å². The number of hydrogen-bond donors (Lipinski definition) is 0. The topological polar surface area (TPSA) is 0 Å². The van der Waals surface area contributed by atoms with Crippen LogP contribution in [0.25, 0.3) is 12.2 Å². The first kappa shape index (κ1) is 21.7. The van der Waals surface area contributed by atoms with Crippen LogP contribution in [0.2, 0.25) is 0 Å². The molecule has 1 atom stereocenters. The summed E-state index contributed by atoms with van der Waals surface area (Å²) in [4.78, 5) is 0. The number of halogens is 2. The zero-order valence-electron chi connectivity index (χ0n) is 17.6. The smallest absolute Gasteiger partial charge is 0.129 e. The van der Waals surface area contributed by atoms with Crippen molar-refractivity contribution < 1.29 is 8.78 Å². The molecule has 0 aliphatic heterocycles. The first-order valence-corrected chi connectivity index (χ1v) is 10.5. The molecule has 3 rings (SSSR count). The summed E-state index contributed by atoms with van der Waals surface area (Å²) >= 11 is 0. The van der Waals surface area contributed by atoms with E-state index in [4.69, 9.17) is 0 Å². The van der Waals surface area contributed by atoms with E-state index in [2.05, 4.69) is 24.3 Å². The molecule has 0 bridgehead atoms. The van der Waals surface area contributed by atoms with Gasteiger partial charge in [-0.05, 0) is 66.5 Å². The van der Waals surface area contributed by atoms with Gasteiger partial charge in [0.1, 0.15) is 11.6 Å². The van der Waals surface area contributed by atoms with E-state index in [1.165, 1.54) is 17.7 Å². The van der Waals surface area contributed by atoms with E-state index in [0.717, 1.165) is 24.0 Å². The first-order chi connectivity index (χ1) is 14.6. The fraction of sp³-hybridized carbons (Fsp3) is 0.214. The minimum absolute atomic E-state index is 0.0444. The van der Waals surface area contributed by atoms with Crippen LogP contribution in [-0.2, 0) is 12.8 Å². The molecule has 0 aliphatic rings. The third kappa shape index (κ3) is 6.00. The minimum atomic E-state index is -0.489. The normalized spacial score (nSPS) is 12.7. The highest BCUT2D eigenvalue weighted by Gasteiger charge is 2.15. The summed E-state index contributed by atoms with van der Waals surface area (Å²) in [5.74, 6) is -0.934. The van der Waals surface area contributed by atoms with Gasteiger partial charge in [0.2, 0.25) is 0 Å². The van der Waals surface area contributed by atoms with Gasteiger partial charge in [-0.2, -0.15) is 0 Å². The molecule has 3 aromatic carbocycles. The summed E-state index contributed by atoms with van der Waals surface area (Å²) in [6.45, 7) is 4.01. The van der Waals surface area contributed by atoms with Crippen LogP contribution in [0.1, 0.15) is 54.0 Å². The van der Waals surface area contributed by atoms with E-state index >= 15 is 0 Å². The van der Waals surface area contributed by atoms with Gasteiger partial charge in [-0.15, -0.1) is 0 Å². The number of hydrogen-bond acceptors (Lipinski definition) is 0. The van der Waals surface area contributed by atoms with Crippen molar-refractivity contribution >= 4 is 12.2 Å². The summed E-state index contributed by atoms with van der Waals surface area (Å²) in [6, 6.07) is 20.9. The molecule has 0 heterocycles. The molecule has 0 radical (unpaired) electrons. The van der Waals surface area contributed by atoms with Gasteiger partial charge >= 0.3 is 0 Å². The molecule has 0 aliphatic carbocycles. The van der Waals surface area contributed by atoms with Crippen LogP contribution >= 0.6 is 0 Å². The van der Waals surface area contributed by atoms with Crippen LogP contribution in [-0.4, -0.2) is 0 Å². The quantitative estimate of drug-likeness (QED) is 0.264. The number of rotatable bonds is 8. The lowest BCUT2D eigenvalue weighted by molar-refractivity contribution is 0.543. The molecule has 3 aromatic rings. The van der Waals surface area contributed by atoms with E-state index in [0.29, 0.717) is 12.0 Å². The van der Waals surface area contributed by atoms with Crippen molar-refractivity contribution in [1.29, 1.82) is 0 Å². The van der Waals surface area contributed by atoms with Crippen molar-refractivity contribution in [2.75, 3.05) is 0 Å². The van der Waals surface area contributed by atoms with Crippen LogP contribution in [0.15, 0.2) is 78.9 Å². The summed E-state index contributed by atoms with van der Waals surface area (Å²) in [7, 11) is 0. The summed E-state index contributed by atoms with van der Waals surface area (Å²) in [5.41, 5.74) is 4.04. The van der Waals surface area contributed by atoms with Crippen LogP contribution in [0.5, 0.6) is 0 Å². The van der Waals surface area contributed by atoms with Crippen molar-refractivity contribution in [3.8, 4) is 0 Å². The van der Waals surface area contributed by atoms with Gasteiger partial charge in [0.25, 0.3) is 0 Å². The molecule has 1 unspecified atom stereocenters. The zero-order chi connectivity index (χ0) is 21.3. The molecule has 0 N–H and O–H groups in total. The maximum absolute atomic E-state index is 14.6. The summed E-state index contributed by atoms with van der Waals surface area (Å²) in [6.07, 6.45) is 10.2. The Hall–Kier alpha value is -3.00. The largest absolute Gasteiger partial charge is 0.207 e. The van der Waals surface area contributed by atoms with Gasteiger partial charge in [-0.25, -0.2) is 8.78 Å². The predicted molar refractivity (Wildman–Crippen MR) is 123 cm³/mol. The third-order valence-electron chi connectivity index (χ3n) is 5.33. The van der Waals surface area contributed by atoms with E-state index in [1.54, 1.807) is 6.08 Å². The molecule has 30 heavy (non-hydrogen) atoms. The Bertz CT molecular complexity index is 976. The summed E-state index contributed by atoms with van der Waals surface area (Å²) in [5, 5.41) is 0. The average Bonchev–Trinajstić information content (AvgIpc) is 2.76. The second-order valence-corrected chi connectivity index (χ2v) is 7.66. The maximum Gasteiger partial charge on any atom is 0.129 e. The molecule has 0 nitrogen and oxygen atoms in total. The number of aryl methyl sites for hydroxylation is 1. The summed E-state index contributed by atoms with van der Waals surface area (Å²) < 4.78 is 29.3.